The highest BCUT2D eigenvalue weighted by atomic mass is 15.0. The van der Waals surface area contributed by atoms with Crippen molar-refractivity contribution in [2.75, 3.05) is 6.54 Å². The van der Waals surface area contributed by atoms with Crippen molar-refractivity contribution in [3.63, 3.8) is 0 Å². The molecule has 1 saturated heterocycles. The molecule has 2 aliphatic carbocycles. The van der Waals surface area contributed by atoms with Gasteiger partial charge < -0.3 is 11.1 Å². The summed E-state index contributed by atoms with van der Waals surface area (Å²) in [5.74, 6) is 2.77. The van der Waals surface area contributed by atoms with Crippen molar-refractivity contribution in [1.82, 2.24) is 5.32 Å². The highest BCUT2D eigenvalue weighted by molar-refractivity contribution is 5.04. The molecule has 12 heavy (non-hydrogen) atoms. The summed E-state index contributed by atoms with van der Waals surface area (Å²) in [6, 6.07) is 1.36. The molecule has 0 aromatic heterocycles. The van der Waals surface area contributed by atoms with E-state index in [0.29, 0.717) is 6.04 Å². The van der Waals surface area contributed by atoms with Gasteiger partial charge in [-0.1, -0.05) is 0 Å². The van der Waals surface area contributed by atoms with Gasteiger partial charge in [0.2, 0.25) is 0 Å². The van der Waals surface area contributed by atoms with E-state index < -0.39 is 0 Å². The van der Waals surface area contributed by atoms with E-state index in [9.17, 15) is 0 Å². The van der Waals surface area contributed by atoms with Gasteiger partial charge in [0, 0.05) is 18.6 Å². The standard InChI is InChI=1S/C10H18N2/c11-9-4-3-7-8(9)5-12-10(7)6-1-2-6/h6-10,12H,1-5,11H2. The van der Waals surface area contributed by atoms with Crippen LogP contribution in [-0.4, -0.2) is 18.6 Å². The lowest BCUT2D eigenvalue weighted by molar-refractivity contribution is 0.371. The van der Waals surface area contributed by atoms with Crippen LogP contribution in [0.4, 0.5) is 0 Å². The van der Waals surface area contributed by atoms with Crippen molar-refractivity contribution in [2.24, 2.45) is 23.5 Å². The Bertz CT molecular complexity index is 188. The normalized spacial score (nSPS) is 52.8. The van der Waals surface area contributed by atoms with Gasteiger partial charge in [0.05, 0.1) is 0 Å². The van der Waals surface area contributed by atoms with E-state index in [0.717, 1.165) is 23.8 Å². The van der Waals surface area contributed by atoms with Crippen LogP contribution in [0.1, 0.15) is 25.7 Å². The molecule has 3 rings (SSSR count). The van der Waals surface area contributed by atoms with Crippen molar-refractivity contribution in [3.05, 3.63) is 0 Å². The van der Waals surface area contributed by atoms with Crippen molar-refractivity contribution in [1.29, 1.82) is 0 Å². The van der Waals surface area contributed by atoms with Crippen LogP contribution < -0.4 is 11.1 Å². The molecular weight excluding hydrogens is 148 g/mol. The third-order valence-corrected chi connectivity index (χ3v) is 4.11. The van der Waals surface area contributed by atoms with E-state index in [1.54, 1.807) is 0 Å². The Morgan fingerprint density at radius 3 is 2.58 bits per heavy atom. The van der Waals surface area contributed by atoms with Gasteiger partial charge in [-0.25, -0.2) is 0 Å². The van der Waals surface area contributed by atoms with Crippen LogP contribution in [0.5, 0.6) is 0 Å². The number of fused-ring (bicyclic) bond motifs is 1. The molecular formula is C10H18N2. The number of hydrogen-bond acceptors (Lipinski definition) is 2. The van der Waals surface area contributed by atoms with E-state index in [1.807, 2.05) is 0 Å². The first-order valence-electron chi connectivity index (χ1n) is 5.35. The molecule has 0 aromatic rings. The molecule has 0 spiro atoms. The smallest absolute Gasteiger partial charge is 0.0127 e. The Kier molecular flexibility index (Phi) is 1.50. The lowest BCUT2D eigenvalue weighted by Crippen LogP contribution is -2.28. The Morgan fingerprint density at radius 1 is 1.00 bits per heavy atom. The number of nitrogens with one attached hydrogen (secondary N) is 1. The fraction of sp³-hybridized carbons (Fsp3) is 1.00. The summed E-state index contributed by atoms with van der Waals surface area (Å²) in [6.07, 6.45) is 5.60. The average Bonchev–Trinajstić information content (AvgIpc) is 2.71. The van der Waals surface area contributed by atoms with Gasteiger partial charge in [0.25, 0.3) is 0 Å². The van der Waals surface area contributed by atoms with Crippen LogP contribution in [0.25, 0.3) is 0 Å². The van der Waals surface area contributed by atoms with Gasteiger partial charge in [-0.3, -0.25) is 0 Å². The van der Waals surface area contributed by atoms with Gasteiger partial charge >= 0.3 is 0 Å². The van der Waals surface area contributed by atoms with Gasteiger partial charge in [0.1, 0.15) is 0 Å². The van der Waals surface area contributed by atoms with E-state index >= 15 is 0 Å². The maximum atomic E-state index is 6.06. The Hall–Kier alpha value is -0.0800. The lowest BCUT2D eigenvalue weighted by Gasteiger charge is -2.17. The topological polar surface area (TPSA) is 38.0 Å². The SMILES string of the molecule is NC1CCC2C1CNC2C1CC1. The van der Waals surface area contributed by atoms with Crippen LogP contribution >= 0.6 is 0 Å². The molecule has 2 nitrogen and oxygen atoms in total. The third-order valence-electron chi connectivity index (χ3n) is 4.11. The highest BCUT2D eigenvalue weighted by Gasteiger charge is 2.48. The summed E-state index contributed by atoms with van der Waals surface area (Å²) >= 11 is 0. The van der Waals surface area contributed by atoms with Crippen LogP contribution in [0, 0.1) is 17.8 Å². The van der Waals surface area contributed by atoms with E-state index in [4.69, 9.17) is 5.73 Å². The van der Waals surface area contributed by atoms with E-state index in [-0.39, 0.29) is 0 Å². The molecule has 0 amide bonds. The molecule has 3 aliphatic rings. The molecule has 2 saturated carbocycles. The molecule has 3 fully saturated rings. The average molecular weight is 166 g/mol. The molecule has 1 heterocycles. The monoisotopic (exact) mass is 166 g/mol. The highest BCUT2D eigenvalue weighted by Crippen LogP contribution is 2.46. The van der Waals surface area contributed by atoms with Gasteiger partial charge in [-0.2, -0.15) is 0 Å². The molecule has 0 radical (unpaired) electrons. The first-order valence-corrected chi connectivity index (χ1v) is 5.35. The number of nitrogens with two attached hydrogens (primary N) is 1. The second kappa shape index (κ2) is 2.46. The maximum absolute atomic E-state index is 6.06. The van der Waals surface area contributed by atoms with E-state index in [2.05, 4.69) is 5.32 Å². The third kappa shape index (κ3) is 0.944. The maximum Gasteiger partial charge on any atom is 0.0127 e. The fourth-order valence-corrected chi connectivity index (χ4v) is 3.27. The summed E-state index contributed by atoms with van der Waals surface area (Å²) in [7, 11) is 0. The minimum Gasteiger partial charge on any atom is -0.327 e. The second-order valence-electron chi connectivity index (χ2n) is 4.84. The molecule has 0 bridgehead atoms. The van der Waals surface area contributed by atoms with Crippen LogP contribution in [-0.2, 0) is 0 Å². The minimum atomic E-state index is 0.506. The van der Waals surface area contributed by atoms with Crippen LogP contribution in [0.2, 0.25) is 0 Å². The largest absolute Gasteiger partial charge is 0.327 e. The predicted octanol–water partition coefficient (Wildman–Crippen LogP) is 0.722. The molecule has 4 atom stereocenters. The summed E-state index contributed by atoms with van der Waals surface area (Å²) in [4.78, 5) is 0. The zero-order valence-corrected chi connectivity index (χ0v) is 7.50. The summed E-state index contributed by atoms with van der Waals surface area (Å²) in [6.45, 7) is 1.20. The van der Waals surface area contributed by atoms with Crippen molar-refractivity contribution in [2.45, 2.75) is 37.8 Å². The molecule has 2 heteroatoms. The van der Waals surface area contributed by atoms with Crippen molar-refractivity contribution < 1.29 is 0 Å². The summed E-state index contributed by atoms with van der Waals surface area (Å²) in [5.41, 5.74) is 6.06. The Balaban J connectivity index is 1.75. The summed E-state index contributed by atoms with van der Waals surface area (Å²) in [5, 5.41) is 3.67. The number of rotatable bonds is 1. The molecule has 3 N–H and O–H groups in total. The lowest BCUT2D eigenvalue weighted by atomic mass is 9.90. The number of hydrogen-bond donors (Lipinski definition) is 2. The second-order valence-corrected chi connectivity index (χ2v) is 4.84. The zero-order chi connectivity index (χ0) is 8.13. The zero-order valence-electron chi connectivity index (χ0n) is 7.50. The van der Waals surface area contributed by atoms with Crippen LogP contribution in [0.3, 0.4) is 0 Å². The Labute approximate surface area is 73.9 Å². The fourth-order valence-electron chi connectivity index (χ4n) is 3.27. The minimum absolute atomic E-state index is 0.506. The molecule has 0 aromatic carbocycles. The van der Waals surface area contributed by atoms with Gasteiger partial charge in [-0.05, 0) is 43.4 Å². The van der Waals surface area contributed by atoms with E-state index in [1.165, 1.54) is 32.2 Å². The Morgan fingerprint density at radius 2 is 1.83 bits per heavy atom. The van der Waals surface area contributed by atoms with Crippen molar-refractivity contribution >= 4 is 0 Å². The van der Waals surface area contributed by atoms with Crippen LogP contribution in [0.15, 0.2) is 0 Å². The van der Waals surface area contributed by atoms with Gasteiger partial charge in [-0.15, -0.1) is 0 Å². The first kappa shape index (κ1) is 7.34. The summed E-state index contributed by atoms with van der Waals surface area (Å²) < 4.78 is 0. The molecule has 1 aliphatic heterocycles. The predicted molar refractivity (Wildman–Crippen MR) is 48.7 cm³/mol. The van der Waals surface area contributed by atoms with Gasteiger partial charge in [0.15, 0.2) is 0 Å². The quantitative estimate of drug-likeness (QED) is 0.602. The molecule has 68 valence electrons. The van der Waals surface area contributed by atoms with Crippen molar-refractivity contribution in [3.8, 4) is 0 Å². The first-order chi connectivity index (χ1) is 5.86. The molecule has 4 unspecified atom stereocenters.